The maximum atomic E-state index is 13.7. The molecule has 1 aliphatic carbocycles. The molecule has 9 N–H and O–H groups in total. The second-order valence-electron chi connectivity index (χ2n) is 13.5. The molecule has 1 fully saturated rings. The first-order valence-corrected chi connectivity index (χ1v) is 17.3. The summed E-state index contributed by atoms with van der Waals surface area (Å²) in [6, 6.07) is 1.93. The summed E-state index contributed by atoms with van der Waals surface area (Å²) in [4.78, 5) is 101. The summed E-state index contributed by atoms with van der Waals surface area (Å²) < 4.78 is 0. The Bertz CT molecular complexity index is 1380. The van der Waals surface area contributed by atoms with E-state index in [0.717, 1.165) is 32.1 Å². The fourth-order valence-corrected chi connectivity index (χ4v) is 6.01. The summed E-state index contributed by atoms with van der Waals surface area (Å²) in [5.74, 6) is -7.53. The van der Waals surface area contributed by atoms with E-state index in [9.17, 15) is 48.6 Å². The second-order valence-corrected chi connectivity index (χ2v) is 13.5. The molecule has 51 heavy (non-hydrogen) atoms. The minimum Gasteiger partial charge on any atom is -0.481 e. The number of nitrogens with one attached hydrogen (secondary N) is 5. The summed E-state index contributed by atoms with van der Waals surface area (Å²) in [5.41, 5.74) is 5.89. The topological polar surface area (TPSA) is 263 Å². The Morgan fingerprint density at radius 3 is 1.80 bits per heavy atom. The van der Waals surface area contributed by atoms with Crippen LogP contribution in [-0.4, -0.2) is 87.8 Å². The van der Waals surface area contributed by atoms with Crippen LogP contribution in [0.4, 0.5) is 0 Å². The number of benzene rings is 1. The Labute approximate surface area is 297 Å². The van der Waals surface area contributed by atoms with Gasteiger partial charge in [-0.2, -0.15) is 0 Å². The molecule has 1 aromatic rings. The van der Waals surface area contributed by atoms with Crippen LogP contribution in [0, 0.1) is 11.8 Å². The van der Waals surface area contributed by atoms with E-state index in [1.165, 1.54) is 6.92 Å². The fraction of sp³-hybridized carbons (Fsp3) is 0.600. The highest BCUT2D eigenvalue weighted by Gasteiger charge is 2.34. The average molecular weight is 717 g/mol. The highest BCUT2D eigenvalue weighted by molar-refractivity contribution is 5.97. The molecule has 1 saturated carbocycles. The van der Waals surface area contributed by atoms with Crippen LogP contribution in [0.3, 0.4) is 0 Å². The van der Waals surface area contributed by atoms with Crippen LogP contribution in [0.5, 0.6) is 0 Å². The monoisotopic (exact) mass is 716 g/mol. The van der Waals surface area contributed by atoms with E-state index < -0.39 is 84.0 Å². The molecule has 1 aromatic carbocycles. The largest absolute Gasteiger partial charge is 0.481 e. The summed E-state index contributed by atoms with van der Waals surface area (Å²) >= 11 is 0. The molecule has 6 amide bonds. The normalized spacial score (nSPS) is 16.0. The molecule has 0 radical (unpaired) electrons. The van der Waals surface area contributed by atoms with Crippen LogP contribution in [0.25, 0.3) is 0 Å². The van der Waals surface area contributed by atoms with Crippen LogP contribution >= 0.6 is 0 Å². The molecule has 16 heteroatoms. The van der Waals surface area contributed by atoms with E-state index in [-0.39, 0.29) is 43.9 Å². The van der Waals surface area contributed by atoms with Gasteiger partial charge in [0, 0.05) is 19.8 Å². The van der Waals surface area contributed by atoms with Crippen LogP contribution in [-0.2, 0) is 44.8 Å². The number of rotatable bonds is 21. The number of aliphatic carboxylic acids is 2. The molecule has 1 aliphatic rings. The summed E-state index contributed by atoms with van der Waals surface area (Å²) in [6.45, 7) is 4.74. The molecular formula is C35H52N6O10. The second kappa shape index (κ2) is 21.3. The Morgan fingerprint density at radius 2 is 1.25 bits per heavy atom. The molecule has 0 heterocycles. The van der Waals surface area contributed by atoms with Gasteiger partial charge in [-0.15, -0.1) is 0 Å². The van der Waals surface area contributed by atoms with E-state index in [0.29, 0.717) is 5.56 Å². The molecule has 0 saturated heterocycles. The third kappa shape index (κ3) is 16.0. The molecular weight excluding hydrogens is 664 g/mol. The highest BCUT2D eigenvalue weighted by Crippen LogP contribution is 2.27. The van der Waals surface area contributed by atoms with E-state index in [2.05, 4.69) is 26.6 Å². The number of carboxylic acids is 2. The van der Waals surface area contributed by atoms with Gasteiger partial charge in [0.05, 0.1) is 6.42 Å². The zero-order chi connectivity index (χ0) is 38.1. The van der Waals surface area contributed by atoms with Gasteiger partial charge in [0.15, 0.2) is 0 Å². The van der Waals surface area contributed by atoms with Gasteiger partial charge in [0.1, 0.15) is 30.2 Å². The van der Waals surface area contributed by atoms with Gasteiger partial charge in [-0.05, 0) is 36.7 Å². The lowest BCUT2D eigenvalue weighted by molar-refractivity contribution is -0.143. The molecule has 2 rings (SSSR count). The summed E-state index contributed by atoms with van der Waals surface area (Å²) in [7, 11) is 0. The van der Waals surface area contributed by atoms with E-state index in [1.54, 1.807) is 44.2 Å². The first-order valence-electron chi connectivity index (χ1n) is 17.3. The molecule has 0 bridgehead atoms. The lowest BCUT2D eigenvalue weighted by Crippen LogP contribution is -2.59. The summed E-state index contributed by atoms with van der Waals surface area (Å²) in [5, 5.41) is 31.9. The molecule has 0 aliphatic heterocycles. The van der Waals surface area contributed by atoms with Gasteiger partial charge in [-0.3, -0.25) is 33.6 Å². The first kappa shape index (κ1) is 42.1. The van der Waals surface area contributed by atoms with Gasteiger partial charge >= 0.3 is 11.9 Å². The predicted octanol–water partition coefficient (Wildman–Crippen LogP) is 0.514. The van der Waals surface area contributed by atoms with Crippen molar-refractivity contribution in [1.82, 2.24) is 26.6 Å². The number of hydrogen-bond donors (Lipinski definition) is 8. The molecule has 5 atom stereocenters. The first-order chi connectivity index (χ1) is 24.0. The molecule has 1 unspecified atom stereocenters. The lowest BCUT2D eigenvalue weighted by atomic mass is 9.84. The minimum absolute atomic E-state index is 0.0264. The minimum atomic E-state index is -1.68. The number of hydrogen-bond acceptors (Lipinski definition) is 8. The smallest absolute Gasteiger partial charge is 0.326 e. The van der Waals surface area contributed by atoms with Crippen molar-refractivity contribution in [3.05, 3.63) is 35.9 Å². The van der Waals surface area contributed by atoms with Gasteiger partial charge in [-0.25, -0.2) is 4.79 Å². The van der Waals surface area contributed by atoms with Crippen molar-refractivity contribution in [2.45, 2.75) is 122 Å². The number of primary amides is 1. The van der Waals surface area contributed by atoms with Crippen molar-refractivity contribution in [3.8, 4) is 0 Å². The van der Waals surface area contributed by atoms with Crippen LogP contribution in [0.1, 0.15) is 90.5 Å². The Balaban J connectivity index is 2.29. The zero-order valence-corrected chi connectivity index (χ0v) is 29.4. The van der Waals surface area contributed by atoms with Crippen molar-refractivity contribution >= 4 is 47.4 Å². The number of carboxylic acid groups (broad SMARTS) is 2. The standard InChI is InChI=1S/C35H52N6O10/c1-20(2)16-25(32(47)41-28(35(50)51)18-23-12-8-5-9-13-23)38-34(49)27(19-30(44)45)40-33(48)26(17-22-10-6-4-7-11-22)39-31(46)24(37-21(3)42)14-15-29(36)43/h5,8-9,12-13,20,22,24-28H,4,6-7,10-11,14-19H2,1-3H3,(H2,36,43)(H,37,42)(H,38,49)(H,39,46)(H,40,48)(H,41,47)(H,44,45)(H,50,51)/t24-,25-,26-,27?,28-/m0/s1. The molecule has 16 nitrogen and oxygen atoms in total. The van der Waals surface area contributed by atoms with Gasteiger partial charge < -0.3 is 42.5 Å². The third-order valence-electron chi connectivity index (χ3n) is 8.55. The number of carbonyl (C=O) groups is 8. The van der Waals surface area contributed by atoms with Crippen molar-refractivity contribution in [3.63, 3.8) is 0 Å². The quantitative estimate of drug-likeness (QED) is 0.0874. The predicted molar refractivity (Wildman–Crippen MR) is 184 cm³/mol. The zero-order valence-electron chi connectivity index (χ0n) is 29.4. The lowest BCUT2D eigenvalue weighted by Gasteiger charge is -2.29. The third-order valence-corrected chi connectivity index (χ3v) is 8.55. The number of nitrogens with two attached hydrogens (primary N) is 1. The Hall–Kier alpha value is -5.02. The van der Waals surface area contributed by atoms with Crippen LogP contribution < -0.4 is 32.3 Å². The maximum Gasteiger partial charge on any atom is 0.326 e. The average Bonchev–Trinajstić information content (AvgIpc) is 3.05. The van der Waals surface area contributed by atoms with Crippen molar-refractivity contribution in [1.29, 1.82) is 0 Å². The van der Waals surface area contributed by atoms with E-state index in [1.807, 2.05) is 0 Å². The Kier molecular flexibility index (Phi) is 17.6. The van der Waals surface area contributed by atoms with E-state index >= 15 is 0 Å². The summed E-state index contributed by atoms with van der Waals surface area (Å²) in [6.07, 6.45) is 3.40. The molecule has 0 spiro atoms. The Morgan fingerprint density at radius 1 is 0.725 bits per heavy atom. The van der Waals surface area contributed by atoms with Crippen molar-refractivity contribution in [2.75, 3.05) is 0 Å². The van der Waals surface area contributed by atoms with Crippen molar-refractivity contribution < 1.29 is 48.6 Å². The van der Waals surface area contributed by atoms with Gasteiger partial charge in [-0.1, -0.05) is 76.3 Å². The maximum absolute atomic E-state index is 13.7. The SMILES string of the molecule is CC(=O)N[C@@H](CCC(N)=O)C(=O)N[C@@H](CC1CCCCC1)C(=O)NC(CC(=O)O)C(=O)N[C@@H](CC(C)C)C(=O)N[C@@H](Cc1ccccc1)C(=O)O. The van der Waals surface area contributed by atoms with Gasteiger partial charge in [0.25, 0.3) is 0 Å². The van der Waals surface area contributed by atoms with Crippen LogP contribution in [0.2, 0.25) is 0 Å². The number of amides is 6. The van der Waals surface area contributed by atoms with Crippen molar-refractivity contribution in [2.24, 2.45) is 17.6 Å². The molecule has 0 aromatic heterocycles. The fourth-order valence-electron chi connectivity index (χ4n) is 6.01. The molecule has 282 valence electrons. The number of carbonyl (C=O) groups excluding carboxylic acids is 6. The van der Waals surface area contributed by atoms with Gasteiger partial charge in [0.2, 0.25) is 35.4 Å². The van der Waals surface area contributed by atoms with E-state index in [4.69, 9.17) is 5.73 Å². The van der Waals surface area contributed by atoms with Crippen LogP contribution in [0.15, 0.2) is 30.3 Å². The highest BCUT2D eigenvalue weighted by atomic mass is 16.4.